The van der Waals surface area contributed by atoms with E-state index in [0.29, 0.717) is 28.9 Å². The number of halogens is 2. The number of benzene rings is 1. The van der Waals surface area contributed by atoms with Crippen LogP contribution in [0.5, 0.6) is 5.75 Å². The largest absolute Gasteiger partial charge is 0.492 e. The molecule has 0 aliphatic carbocycles. The van der Waals surface area contributed by atoms with Crippen LogP contribution in [-0.4, -0.2) is 37.7 Å². The van der Waals surface area contributed by atoms with Gasteiger partial charge in [-0.2, -0.15) is 0 Å². The molecule has 0 unspecified atom stereocenters. The predicted molar refractivity (Wildman–Crippen MR) is 84.2 cm³/mol. The van der Waals surface area contributed by atoms with Crippen molar-refractivity contribution < 1.29 is 10.5 Å². The number of nitrogens with zero attached hydrogens (tertiary/aromatic N) is 1. The summed E-state index contributed by atoms with van der Waals surface area (Å²) in [5.74, 6) is 3.34. The van der Waals surface area contributed by atoms with Crippen LogP contribution in [0.1, 0.15) is 12.8 Å². The second-order valence-electron chi connectivity index (χ2n) is 4.46. The van der Waals surface area contributed by atoms with E-state index in [0.717, 1.165) is 32.5 Å². The summed E-state index contributed by atoms with van der Waals surface area (Å²) >= 11 is 11.9. The Morgan fingerprint density at radius 1 is 1.25 bits per heavy atom. The standard InChI is InChI=1S/C15H20Cl2N2O/c1-2-8-19(9-3-7-18)10-4-11-20-15-6-5-13(16)12-14(15)17/h1,5-6,12H,3-4,7-11,18H2/p+1. The van der Waals surface area contributed by atoms with Gasteiger partial charge in [0.15, 0.2) is 0 Å². The van der Waals surface area contributed by atoms with Gasteiger partial charge in [-0.05, 0) is 24.6 Å². The Morgan fingerprint density at radius 2 is 2.00 bits per heavy atom. The summed E-state index contributed by atoms with van der Waals surface area (Å²) in [6, 6.07) is 5.23. The summed E-state index contributed by atoms with van der Waals surface area (Å²) in [6.07, 6.45) is 7.32. The lowest BCUT2D eigenvalue weighted by atomic mass is 10.3. The molecular formula is C15H21Cl2N2O+. The highest BCUT2D eigenvalue weighted by molar-refractivity contribution is 6.35. The Hall–Kier alpha value is -0.920. The van der Waals surface area contributed by atoms with Crippen molar-refractivity contribution in [1.29, 1.82) is 0 Å². The highest BCUT2D eigenvalue weighted by Gasteiger charge is 2.05. The van der Waals surface area contributed by atoms with E-state index in [1.54, 1.807) is 18.2 Å². The molecular weight excluding hydrogens is 295 g/mol. The molecule has 3 nitrogen and oxygen atoms in total. The van der Waals surface area contributed by atoms with Crippen molar-refractivity contribution in [2.75, 3.05) is 32.8 Å². The van der Waals surface area contributed by atoms with Gasteiger partial charge in [-0.1, -0.05) is 29.1 Å². The molecule has 0 fully saturated rings. The van der Waals surface area contributed by atoms with Gasteiger partial charge < -0.3 is 10.5 Å². The van der Waals surface area contributed by atoms with Crippen LogP contribution >= 0.6 is 23.2 Å². The van der Waals surface area contributed by atoms with Crippen molar-refractivity contribution in [3.05, 3.63) is 28.2 Å². The lowest BCUT2D eigenvalue weighted by Gasteiger charge is -2.19. The minimum absolute atomic E-state index is 0.537. The van der Waals surface area contributed by atoms with E-state index >= 15 is 0 Å². The number of quaternary nitrogens is 1. The second-order valence-corrected chi connectivity index (χ2v) is 5.31. The van der Waals surface area contributed by atoms with E-state index in [-0.39, 0.29) is 0 Å². The second kappa shape index (κ2) is 9.90. The fraction of sp³-hybridized carbons (Fsp3) is 0.467. The smallest absolute Gasteiger partial charge is 0.137 e. The molecule has 1 rings (SSSR count). The van der Waals surface area contributed by atoms with Crippen LogP contribution in [0.25, 0.3) is 0 Å². The van der Waals surface area contributed by atoms with Gasteiger partial charge in [0, 0.05) is 24.5 Å². The van der Waals surface area contributed by atoms with E-state index in [2.05, 4.69) is 16.6 Å². The first-order valence-corrected chi connectivity index (χ1v) is 7.46. The summed E-state index contributed by atoms with van der Waals surface area (Å²) in [6.45, 7) is 4.09. The van der Waals surface area contributed by atoms with E-state index < -0.39 is 0 Å². The van der Waals surface area contributed by atoms with Crippen molar-refractivity contribution in [3.63, 3.8) is 0 Å². The average molecular weight is 316 g/mol. The van der Waals surface area contributed by atoms with Crippen molar-refractivity contribution in [2.45, 2.75) is 12.8 Å². The highest BCUT2D eigenvalue weighted by Crippen LogP contribution is 2.27. The average Bonchev–Trinajstić information content (AvgIpc) is 2.42. The van der Waals surface area contributed by atoms with E-state index in [4.69, 9.17) is 34.4 Å². The van der Waals surface area contributed by atoms with Crippen LogP contribution < -0.4 is 10.5 Å². The molecule has 3 N–H and O–H groups in total. The van der Waals surface area contributed by atoms with Gasteiger partial charge in [0.25, 0.3) is 0 Å². The lowest BCUT2D eigenvalue weighted by Crippen LogP contribution is -2.51. The van der Waals surface area contributed by atoms with E-state index in [1.807, 2.05) is 0 Å². The third-order valence-electron chi connectivity index (χ3n) is 2.81. The number of hydrogen-bond donors (Lipinski definition) is 1. The Bertz CT molecular complexity index is 446. The number of hydrogen-bond acceptors (Lipinski definition) is 2. The lowest BCUT2D eigenvalue weighted by molar-refractivity contribution is -0.368. The topological polar surface area (TPSA) is 40.1 Å². The zero-order valence-corrected chi connectivity index (χ0v) is 13.1. The zero-order valence-electron chi connectivity index (χ0n) is 11.6. The highest BCUT2D eigenvalue weighted by atomic mass is 35.5. The third kappa shape index (κ3) is 6.49. The fourth-order valence-corrected chi connectivity index (χ4v) is 2.26. The first-order valence-electron chi connectivity index (χ1n) is 6.70. The van der Waals surface area contributed by atoms with Crippen LogP contribution in [0.15, 0.2) is 18.2 Å². The molecule has 0 saturated carbocycles. The van der Waals surface area contributed by atoms with Gasteiger partial charge in [0.2, 0.25) is 0 Å². The molecule has 0 aromatic heterocycles. The van der Waals surface area contributed by atoms with Crippen LogP contribution in [0.3, 0.4) is 0 Å². The number of rotatable bonds is 9. The van der Waals surface area contributed by atoms with Crippen LogP contribution in [0.2, 0.25) is 10.0 Å². The Balaban J connectivity index is 2.30. The molecule has 0 spiro atoms. The molecule has 110 valence electrons. The molecule has 0 saturated heterocycles. The first kappa shape index (κ1) is 17.1. The zero-order chi connectivity index (χ0) is 14.8. The molecule has 0 radical (unpaired) electrons. The molecule has 0 aliphatic heterocycles. The fourth-order valence-electron chi connectivity index (χ4n) is 1.80. The monoisotopic (exact) mass is 315 g/mol. The van der Waals surface area contributed by atoms with Gasteiger partial charge in [0.1, 0.15) is 5.75 Å². The Labute approximate surface area is 131 Å². The van der Waals surface area contributed by atoms with Crippen molar-refractivity contribution >= 4 is 23.2 Å². The van der Waals surface area contributed by atoms with Crippen LogP contribution in [0.4, 0.5) is 0 Å². The maximum Gasteiger partial charge on any atom is 0.137 e. The summed E-state index contributed by atoms with van der Waals surface area (Å²) in [5.41, 5.74) is 3.84. The number of ether oxygens (including phenoxy) is 1. The van der Waals surface area contributed by atoms with Crippen LogP contribution in [-0.2, 0) is 0 Å². The van der Waals surface area contributed by atoms with Crippen molar-refractivity contribution in [1.82, 2.24) is 4.90 Å². The van der Waals surface area contributed by atoms with Gasteiger partial charge >= 0.3 is 0 Å². The minimum Gasteiger partial charge on any atom is -0.492 e. The normalized spacial score (nSPS) is 10.6. The minimum atomic E-state index is 0.537. The summed E-state index contributed by atoms with van der Waals surface area (Å²) < 4.78 is 5.64. The molecule has 1 aromatic carbocycles. The summed E-state index contributed by atoms with van der Waals surface area (Å²) in [7, 11) is 0. The molecule has 5 heteroatoms. The Kier molecular flexibility index (Phi) is 8.48. The van der Waals surface area contributed by atoms with Crippen molar-refractivity contribution in [2.24, 2.45) is 0 Å². The third-order valence-corrected chi connectivity index (χ3v) is 3.34. The van der Waals surface area contributed by atoms with Gasteiger partial charge in [-0.25, -0.2) is 0 Å². The van der Waals surface area contributed by atoms with Crippen molar-refractivity contribution in [3.8, 4) is 18.1 Å². The molecule has 1 aromatic rings. The summed E-state index contributed by atoms with van der Waals surface area (Å²) in [5, 5.41) is 1.14. The maximum absolute atomic E-state index is 6.04. The predicted octanol–water partition coefficient (Wildman–Crippen LogP) is 2.33. The first-order chi connectivity index (χ1) is 9.67. The molecule has 0 aliphatic rings. The molecule has 0 amide bonds. The molecule has 0 heterocycles. The van der Waals surface area contributed by atoms with Gasteiger partial charge in [-0.15, -0.1) is 6.42 Å². The van der Waals surface area contributed by atoms with E-state index in [1.165, 1.54) is 0 Å². The molecule has 0 bridgehead atoms. The van der Waals surface area contributed by atoms with Gasteiger partial charge in [-0.3, -0.25) is 4.90 Å². The molecule has 20 heavy (non-hydrogen) atoms. The van der Waals surface area contributed by atoms with Crippen LogP contribution in [0, 0.1) is 12.3 Å². The quantitative estimate of drug-likeness (QED) is 0.561. The summed E-state index contributed by atoms with van der Waals surface area (Å²) in [4.78, 5) is 2.23. The number of terminal acetylenes is 1. The van der Waals surface area contributed by atoms with E-state index in [9.17, 15) is 0 Å². The van der Waals surface area contributed by atoms with Gasteiger partial charge in [0.05, 0.1) is 24.7 Å². The maximum atomic E-state index is 6.04. The Morgan fingerprint density at radius 3 is 2.65 bits per heavy atom. The molecule has 0 atom stereocenters. The SMILES string of the molecule is C#CCN(CCC[NH3+])CCCOc1ccc(Cl)cc1Cl.